The lowest BCUT2D eigenvalue weighted by Gasteiger charge is -2.36. The largest absolute Gasteiger partial charge is 0.359 e. The van der Waals surface area contributed by atoms with Crippen LogP contribution in [0.25, 0.3) is 0 Å². The lowest BCUT2D eigenvalue weighted by atomic mass is 9.75. The van der Waals surface area contributed by atoms with E-state index in [-0.39, 0.29) is 0 Å². The third kappa shape index (κ3) is 4.03. The number of hydrogen-bond acceptors (Lipinski definition) is 2. The average Bonchev–Trinajstić information content (AvgIpc) is 3.20. The molecule has 3 saturated carbocycles. The summed E-state index contributed by atoms with van der Waals surface area (Å²) < 4.78 is 0. The maximum absolute atomic E-state index is 5.37. The van der Waals surface area contributed by atoms with E-state index in [9.17, 15) is 0 Å². The third-order valence-corrected chi connectivity index (χ3v) is 7.77. The van der Waals surface area contributed by atoms with Gasteiger partial charge >= 0.3 is 0 Å². The molecule has 3 aliphatic rings. The summed E-state index contributed by atoms with van der Waals surface area (Å²) in [5.41, 5.74) is 0.371. The van der Waals surface area contributed by atoms with Crippen molar-refractivity contribution in [3.05, 3.63) is 12.7 Å². The highest BCUT2D eigenvalue weighted by Gasteiger charge is 2.45. The van der Waals surface area contributed by atoms with Crippen LogP contribution in [0.5, 0.6) is 0 Å². The standard InChI is InChI=1S/C21H36N2S/c1-4-14-24-20(23-21-12-10-16(15-21)11-13-21)22-19-17(5-2)8-7-9-18(19)6-3/h4,16-19H,1,5-15H2,2-3H3,(H,22,23). The summed E-state index contributed by atoms with van der Waals surface area (Å²) in [5, 5.41) is 5.18. The molecule has 0 radical (unpaired) electrons. The highest BCUT2D eigenvalue weighted by Crippen LogP contribution is 2.48. The Kier molecular flexibility index (Phi) is 6.34. The predicted octanol–water partition coefficient (Wildman–Crippen LogP) is 5.79. The van der Waals surface area contributed by atoms with Gasteiger partial charge < -0.3 is 5.32 Å². The van der Waals surface area contributed by atoms with Crippen molar-refractivity contribution in [2.75, 3.05) is 5.75 Å². The van der Waals surface area contributed by atoms with Crippen molar-refractivity contribution in [3.8, 4) is 0 Å². The van der Waals surface area contributed by atoms with Gasteiger partial charge in [-0.15, -0.1) is 6.58 Å². The molecule has 3 rings (SSSR count). The second-order valence-electron chi connectivity index (χ2n) is 8.34. The molecule has 3 heteroatoms. The van der Waals surface area contributed by atoms with E-state index in [1.165, 1.54) is 69.4 Å². The number of nitrogens with one attached hydrogen (secondary N) is 1. The van der Waals surface area contributed by atoms with Gasteiger partial charge in [-0.05, 0) is 62.7 Å². The van der Waals surface area contributed by atoms with Crippen molar-refractivity contribution in [2.45, 2.75) is 89.6 Å². The Morgan fingerprint density at radius 2 is 1.83 bits per heavy atom. The van der Waals surface area contributed by atoms with E-state index in [0.29, 0.717) is 11.6 Å². The summed E-state index contributed by atoms with van der Waals surface area (Å²) in [4.78, 5) is 5.37. The molecule has 0 heterocycles. The molecule has 3 fully saturated rings. The van der Waals surface area contributed by atoms with Crippen molar-refractivity contribution in [3.63, 3.8) is 0 Å². The zero-order valence-electron chi connectivity index (χ0n) is 15.7. The van der Waals surface area contributed by atoms with Crippen LogP contribution in [0.2, 0.25) is 0 Å². The zero-order valence-corrected chi connectivity index (χ0v) is 16.5. The molecule has 1 N–H and O–H groups in total. The Balaban J connectivity index is 1.77. The summed E-state index contributed by atoms with van der Waals surface area (Å²) in [6, 6.07) is 0.531. The average molecular weight is 349 g/mol. The minimum atomic E-state index is 0.371. The monoisotopic (exact) mass is 348 g/mol. The van der Waals surface area contributed by atoms with Crippen molar-refractivity contribution in [2.24, 2.45) is 22.7 Å². The lowest BCUT2D eigenvalue weighted by molar-refractivity contribution is 0.211. The fourth-order valence-corrected chi connectivity index (χ4v) is 6.20. The van der Waals surface area contributed by atoms with Gasteiger partial charge in [0.1, 0.15) is 0 Å². The van der Waals surface area contributed by atoms with Crippen LogP contribution in [0.3, 0.4) is 0 Å². The van der Waals surface area contributed by atoms with E-state index < -0.39 is 0 Å². The van der Waals surface area contributed by atoms with E-state index in [0.717, 1.165) is 23.5 Å². The molecule has 0 amide bonds. The Labute approximate surface area is 153 Å². The molecular weight excluding hydrogens is 312 g/mol. The van der Waals surface area contributed by atoms with Crippen molar-refractivity contribution in [1.82, 2.24) is 5.32 Å². The second-order valence-corrected chi connectivity index (χ2v) is 9.35. The molecule has 2 bridgehead atoms. The van der Waals surface area contributed by atoms with Crippen LogP contribution in [-0.4, -0.2) is 22.5 Å². The molecule has 24 heavy (non-hydrogen) atoms. The zero-order chi connectivity index (χ0) is 17.0. The molecule has 0 aliphatic heterocycles. The van der Waals surface area contributed by atoms with E-state index in [2.05, 4.69) is 25.7 Å². The second kappa shape index (κ2) is 8.29. The SMILES string of the molecule is C=CCSC(=NC1C(CC)CCCC1CC)NC12CCC(CC1)C2. The molecule has 2 atom stereocenters. The first-order valence-electron chi connectivity index (χ1n) is 10.3. The van der Waals surface area contributed by atoms with Crippen LogP contribution in [0.15, 0.2) is 17.6 Å². The summed E-state index contributed by atoms with van der Waals surface area (Å²) in [7, 11) is 0. The van der Waals surface area contributed by atoms with Gasteiger partial charge in [0.15, 0.2) is 5.17 Å². The van der Waals surface area contributed by atoms with Crippen molar-refractivity contribution >= 4 is 16.9 Å². The summed E-state index contributed by atoms with van der Waals surface area (Å²) in [6.07, 6.45) is 15.6. The molecule has 0 spiro atoms. The quantitative estimate of drug-likeness (QED) is 0.373. The maximum Gasteiger partial charge on any atom is 0.157 e. The van der Waals surface area contributed by atoms with Gasteiger partial charge in [0.25, 0.3) is 0 Å². The van der Waals surface area contributed by atoms with E-state index >= 15 is 0 Å². The molecule has 0 aromatic heterocycles. The van der Waals surface area contributed by atoms with Crippen LogP contribution in [-0.2, 0) is 0 Å². The molecule has 3 aliphatic carbocycles. The van der Waals surface area contributed by atoms with E-state index in [1.807, 2.05) is 17.8 Å². The first-order valence-corrected chi connectivity index (χ1v) is 11.3. The Morgan fingerprint density at radius 3 is 2.33 bits per heavy atom. The Morgan fingerprint density at radius 1 is 1.17 bits per heavy atom. The number of hydrogen-bond donors (Lipinski definition) is 1. The van der Waals surface area contributed by atoms with E-state index in [1.54, 1.807) is 0 Å². The van der Waals surface area contributed by atoms with E-state index in [4.69, 9.17) is 4.99 Å². The fourth-order valence-electron chi connectivity index (χ4n) is 5.44. The minimum absolute atomic E-state index is 0.371. The molecule has 136 valence electrons. The number of amidine groups is 1. The van der Waals surface area contributed by atoms with Crippen LogP contribution in [0.4, 0.5) is 0 Å². The first kappa shape index (κ1) is 18.4. The molecule has 0 aromatic carbocycles. The molecule has 0 saturated heterocycles. The van der Waals surface area contributed by atoms with Gasteiger partial charge in [-0.25, -0.2) is 0 Å². The van der Waals surface area contributed by atoms with Gasteiger partial charge in [0.05, 0.1) is 6.04 Å². The van der Waals surface area contributed by atoms with Gasteiger partial charge in [-0.2, -0.15) is 0 Å². The van der Waals surface area contributed by atoms with Crippen molar-refractivity contribution in [1.29, 1.82) is 0 Å². The van der Waals surface area contributed by atoms with Gasteiger partial charge in [0, 0.05) is 11.3 Å². The number of aliphatic imine (C=N–C) groups is 1. The molecule has 0 aromatic rings. The number of rotatable bonds is 6. The molecule has 2 nitrogen and oxygen atoms in total. The number of thioether (sulfide) groups is 1. The third-order valence-electron chi connectivity index (χ3n) is 6.88. The van der Waals surface area contributed by atoms with Crippen molar-refractivity contribution < 1.29 is 0 Å². The fraction of sp³-hybridized carbons (Fsp3) is 0.857. The van der Waals surface area contributed by atoms with Gasteiger partial charge in [-0.3, -0.25) is 4.99 Å². The molecule has 2 unspecified atom stereocenters. The Hall–Kier alpha value is -0.440. The summed E-state index contributed by atoms with van der Waals surface area (Å²) in [5.74, 6) is 3.50. The summed E-state index contributed by atoms with van der Waals surface area (Å²) in [6.45, 7) is 8.62. The first-order chi connectivity index (χ1) is 11.7. The van der Waals surface area contributed by atoms with Crippen LogP contribution in [0.1, 0.15) is 78.1 Å². The smallest absolute Gasteiger partial charge is 0.157 e. The number of fused-ring (bicyclic) bond motifs is 2. The predicted molar refractivity (Wildman–Crippen MR) is 108 cm³/mol. The van der Waals surface area contributed by atoms with Crippen LogP contribution < -0.4 is 5.32 Å². The van der Waals surface area contributed by atoms with Gasteiger partial charge in [0.2, 0.25) is 0 Å². The van der Waals surface area contributed by atoms with Crippen LogP contribution >= 0.6 is 11.8 Å². The normalized spacial score (nSPS) is 39.2. The minimum Gasteiger partial charge on any atom is -0.359 e. The van der Waals surface area contributed by atoms with Crippen LogP contribution in [0, 0.1) is 17.8 Å². The highest BCUT2D eigenvalue weighted by molar-refractivity contribution is 8.13. The maximum atomic E-state index is 5.37. The molecular formula is C21H36N2S. The topological polar surface area (TPSA) is 24.4 Å². The number of nitrogens with zero attached hydrogens (tertiary/aromatic N) is 1. The Bertz CT molecular complexity index is 439. The lowest BCUT2D eigenvalue weighted by Crippen LogP contribution is -2.45. The summed E-state index contributed by atoms with van der Waals surface area (Å²) >= 11 is 1.88. The highest BCUT2D eigenvalue weighted by atomic mass is 32.2. The van der Waals surface area contributed by atoms with Gasteiger partial charge in [-0.1, -0.05) is 50.9 Å².